The second kappa shape index (κ2) is 10.8. The predicted octanol–water partition coefficient (Wildman–Crippen LogP) is 5.68. The molecule has 0 saturated heterocycles. The maximum absolute atomic E-state index is 13.0. The van der Waals surface area contributed by atoms with E-state index in [1.807, 2.05) is 36.4 Å². The Hall–Kier alpha value is -4.77. The molecule has 0 aliphatic rings. The van der Waals surface area contributed by atoms with Crippen LogP contribution in [0.2, 0.25) is 0 Å². The highest BCUT2D eigenvalue weighted by Crippen LogP contribution is 2.35. The first kappa shape index (κ1) is 26.8. The molecule has 1 unspecified atom stereocenters. The van der Waals surface area contributed by atoms with Gasteiger partial charge in [0, 0.05) is 5.56 Å². The average molecular weight is 549 g/mol. The zero-order chi connectivity index (χ0) is 28.4. The summed E-state index contributed by atoms with van der Waals surface area (Å²) in [7, 11) is 0. The van der Waals surface area contributed by atoms with Crippen LogP contribution < -0.4 is 0 Å². The number of alkyl halides is 3. The number of rotatable bonds is 8. The fourth-order valence-corrected chi connectivity index (χ4v) is 4.41. The zero-order valence-electron chi connectivity index (χ0n) is 21.1. The summed E-state index contributed by atoms with van der Waals surface area (Å²) in [6.45, 7) is 1.73. The van der Waals surface area contributed by atoms with Crippen molar-refractivity contribution in [3.8, 4) is 22.5 Å². The molecule has 8 nitrogen and oxygen atoms in total. The molecule has 5 rings (SSSR count). The van der Waals surface area contributed by atoms with Crippen LogP contribution in [0.4, 0.5) is 13.2 Å². The van der Waals surface area contributed by atoms with Gasteiger partial charge in [0.15, 0.2) is 5.76 Å². The van der Waals surface area contributed by atoms with Crippen LogP contribution in [0.1, 0.15) is 39.7 Å². The van der Waals surface area contributed by atoms with Crippen LogP contribution in [0.25, 0.3) is 22.5 Å². The van der Waals surface area contributed by atoms with E-state index in [0.717, 1.165) is 23.3 Å². The highest BCUT2D eigenvalue weighted by molar-refractivity contribution is 5.72. The molecule has 3 aromatic carbocycles. The summed E-state index contributed by atoms with van der Waals surface area (Å²) in [5.74, 6) is -0.545. The molecular formula is C29H23F3N4O4. The van der Waals surface area contributed by atoms with Crippen LogP contribution in [-0.4, -0.2) is 36.3 Å². The van der Waals surface area contributed by atoms with Gasteiger partial charge in [-0.3, -0.25) is 4.79 Å². The van der Waals surface area contributed by atoms with Gasteiger partial charge in [0.2, 0.25) is 0 Å². The van der Waals surface area contributed by atoms with Crippen molar-refractivity contribution in [2.45, 2.75) is 32.2 Å². The van der Waals surface area contributed by atoms with Crippen LogP contribution >= 0.6 is 0 Å². The van der Waals surface area contributed by atoms with Gasteiger partial charge in [0.1, 0.15) is 11.8 Å². The third kappa shape index (κ3) is 5.79. The lowest BCUT2D eigenvalue weighted by molar-refractivity contribution is -0.138. The van der Waals surface area contributed by atoms with Gasteiger partial charge in [0.05, 0.1) is 36.0 Å². The molecule has 0 aliphatic carbocycles. The largest absolute Gasteiger partial charge is 0.481 e. The van der Waals surface area contributed by atoms with E-state index in [-0.39, 0.29) is 18.7 Å². The zero-order valence-corrected chi connectivity index (χ0v) is 21.1. The first-order valence-corrected chi connectivity index (χ1v) is 12.2. The molecule has 204 valence electrons. The Kier molecular flexibility index (Phi) is 7.22. The number of aliphatic hydroxyl groups is 1. The Bertz CT molecular complexity index is 1640. The van der Waals surface area contributed by atoms with Gasteiger partial charge in [-0.15, -0.1) is 5.10 Å². The van der Waals surface area contributed by atoms with Gasteiger partial charge < -0.3 is 14.7 Å². The second-order valence-electron chi connectivity index (χ2n) is 9.30. The van der Waals surface area contributed by atoms with Crippen LogP contribution in [0, 0.1) is 6.92 Å². The number of halogens is 3. The second-order valence-corrected chi connectivity index (χ2v) is 9.30. The maximum Gasteiger partial charge on any atom is 0.416 e. The Balaban J connectivity index is 1.35. The first-order chi connectivity index (χ1) is 19.1. The number of aromatic nitrogens is 4. The molecule has 11 heteroatoms. The van der Waals surface area contributed by atoms with Gasteiger partial charge in [-0.05, 0) is 41.3 Å². The van der Waals surface area contributed by atoms with E-state index in [0.29, 0.717) is 33.7 Å². The van der Waals surface area contributed by atoms with Crippen LogP contribution in [0.3, 0.4) is 0 Å². The molecule has 5 aromatic rings. The summed E-state index contributed by atoms with van der Waals surface area (Å²) < 4.78 is 46.0. The minimum atomic E-state index is -4.45. The summed E-state index contributed by atoms with van der Waals surface area (Å²) in [5.41, 5.74) is 3.86. The lowest BCUT2D eigenvalue weighted by atomic mass is 9.98. The van der Waals surface area contributed by atoms with Crippen molar-refractivity contribution in [2.24, 2.45) is 0 Å². The average Bonchev–Trinajstić information content (AvgIpc) is 3.55. The molecule has 0 amide bonds. The SMILES string of the molecule is Cc1noc(-c2ccc(-c3ccc(CC(=O)O)cc3)cc2)c1C(O)c1cn(Cc2cccc(C(F)(F)F)c2)nn1. The monoisotopic (exact) mass is 548 g/mol. The summed E-state index contributed by atoms with van der Waals surface area (Å²) >= 11 is 0. The number of aliphatic carboxylic acids is 1. The smallest absolute Gasteiger partial charge is 0.416 e. The highest BCUT2D eigenvalue weighted by Gasteiger charge is 2.30. The summed E-state index contributed by atoms with van der Waals surface area (Å²) in [5, 5.41) is 32.1. The number of aryl methyl sites for hydroxylation is 1. The predicted molar refractivity (Wildman–Crippen MR) is 138 cm³/mol. The third-order valence-corrected chi connectivity index (χ3v) is 6.41. The van der Waals surface area contributed by atoms with Crippen molar-refractivity contribution in [3.05, 3.63) is 113 Å². The quantitative estimate of drug-likeness (QED) is 0.256. The Labute approximate surface area is 226 Å². The van der Waals surface area contributed by atoms with E-state index in [1.54, 1.807) is 25.1 Å². The van der Waals surface area contributed by atoms with Crippen molar-refractivity contribution < 1.29 is 32.7 Å². The number of nitrogens with zero attached hydrogens (tertiary/aromatic N) is 4. The standard InChI is InChI=1S/C29H23F3N4O4/c1-17-26(27(39)24-16-36(35-33-24)15-19-3-2-4-23(13-19)29(30,31)32)28(40-34-17)22-11-9-21(10-12-22)20-7-5-18(6-8-20)14-25(37)38/h2-13,16,27,39H,14-15H2,1H3,(H,37,38). The molecule has 1 atom stereocenters. The van der Waals surface area contributed by atoms with Crippen LogP contribution in [0.5, 0.6) is 0 Å². The fraction of sp³-hybridized carbons (Fsp3) is 0.172. The van der Waals surface area contributed by atoms with Gasteiger partial charge in [0.25, 0.3) is 0 Å². The summed E-state index contributed by atoms with van der Waals surface area (Å²) in [6.07, 6.45) is -4.27. The van der Waals surface area contributed by atoms with E-state index in [9.17, 15) is 23.1 Å². The van der Waals surface area contributed by atoms with Gasteiger partial charge in [-0.25, -0.2) is 4.68 Å². The minimum absolute atomic E-state index is 0.0395. The first-order valence-electron chi connectivity index (χ1n) is 12.2. The Morgan fingerprint density at radius 3 is 2.27 bits per heavy atom. The van der Waals surface area contributed by atoms with Crippen molar-refractivity contribution >= 4 is 5.97 Å². The number of hydrogen-bond acceptors (Lipinski definition) is 6. The van der Waals surface area contributed by atoms with E-state index in [4.69, 9.17) is 9.63 Å². The lowest BCUT2D eigenvalue weighted by Gasteiger charge is -2.09. The van der Waals surface area contributed by atoms with E-state index < -0.39 is 23.8 Å². The van der Waals surface area contributed by atoms with Gasteiger partial charge >= 0.3 is 12.1 Å². The molecule has 0 radical (unpaired) electrons. The molecule has 2 heterocycles. The molecule has 40 heavy (non-hydrogen) atoms. The van der Waals surface area contributed by atoms with E-state index in [2.05, 4.69) is 15.5 Å². The van der Waals surface area contributed by atoms with Gasteiger partial charge in [-0.1, -0.05) is 71.0 Å². The molecule has 2 aromatic heterocycles. The number of carbonyl (C=O) groups is 1. The van der Waals surface area contributed by atoms with Crippen molar-refractivity contribution in [1.82, 2.24) is 20.2 Å². The van der Waals surface area contributed by atoms with Crippen molar-refractivity contribution in [3.63, 3.8) is 0 Å². The van der Waals surface area contributed by atoms with Crippen LogP contribution in [0.15, 0.2) is 83.5 Å². The minimum Gasteiger partial charge on any atom is -0.481 e. The van der Waals surface area contributed by atoms with Gasteiger partial charge in [-0.2, -0.15) is 13.2 Å². The Morgan fingerprint density at radius 2 is 1.62 bits per heavy atom. The van der Waals surface area contributed by atoms with E-state index >= 15 is 0 Å². The summed E-state index contributed by atoms with van der Waals surface area (Å²) in [4.78, 5) is 10.9. The fourth-order valence-electron chi connectivity index (χ4n) is 4.41. The van der Waals surface area contributed by atoms with Crippen LogP contribution in [-0.2, 0) is 23.9 Å². The van der Waals surface area contributed by atoms with Crippen molar-refractivity contribution in [2.75, 3.05) is 0 Å². The van der Waals surface area contributed by atoms with E-state index in [1.165, 1.54) is 16.9 Å². The normalized spacial score (nSPS) is 12.4. The molecule has 2 N–H and O–H groups in total. The number of aliphatic hydroxyl groups excluding tert-OH is 1. The molecule has 0 saturated carbocycles. The number of carboxylic acid groups (broad SMARTS) is 1. The number of hydrogen-bond donors (Lipinski definition) is 2. The molecular weight excluding hydrogens is 525 g/mol. The number of benzene rings is 3. The molecule has 0 bridgehead atoms. The Morgan fingerprint density at radius 1 is 0.975 bits per heavy atom. The molecule has 0 fully saturated rings. The highest BCUT2D eigenvalue weighted by atomic mass is 19.4. The maximum atomic E-state index is 13.0. The molecule has 0 aliphatic heterocycles. The molecule has 0 spiro atoms. The third-order valence-electron chi connectivity index (χ3n) is 6.41. The summed E-state index contributed by atoms with van der Waals surface area (Å²) in [6, 6.07) is 19.6. The van der Waals surface area contributed by atoms with Crippen molar-refractivity contribution in [1.29, 1.82) is 0 Å². The topological polar surface area (TPSA) is 114 Å². The lowest BCUT2D eigenvalue weighted by Crippen LogP contribution is -2.07. The number of carboxylic acids is 1.